The van der Waals surface area contributed by atoms with Crippen LogP contribution in [0.4, 0.5) is 0 Å². The van der Waals surface area contributed by atoms with Crippen molar-refractivity contribution in [2.45, 2.75) is 36.3 Å². The lowest BCUT2D eigenvalue weighted by atomic mass is 10.1. The summed E-state index contributed by atoms with van der Waals surface area (Å²) < 4.78 is 33.0. The number of aromatic carboxylic acids is 1. The smallest absolute Gasteiger partial charge is 0.335 e. The van der Waals surface area contributed by atoms with Gasteiger partial charge in [-0.1, -0.05) is 0 Å². The number of benzene rings is 1. The summed E-state index contributed by atoms with van der Waals surface area (Å²) in [6, 6.07) is 5.02. The summed E-state index contributed by atoms with van der Waals surface area (Å²) in [5, 5.41) is 8.83. The van der Waals surface area contributed by atoms with Crippen molar-refractivity contribution in [3.8, 4) is 0 Å². The Labute approximate surface area is 123 Å². The summed E-state index contributed by atoms with van der Waals surface area (Å²) in [6.45, 7) is 0.576. The van der Waals surface area contributed by atoms with Gasteiger partial charge in [-0.3, -0.25) is 0 Å². The monoisotopic (exact) mass is 311 g/mol. The molecule has 2 fully saturated rings. The number of rotatable bonds is 5. The zero-order chi connectivity index (χ0) is 15.0. The normalized spacial score (nSPS) is 25.9. The molecule has 2 N–H and O–H groups in total. The molecular formula is C14H17NO5S. The average Bonchev–Trinajstić information content (AvgIpc) is 3.19. The second kappa shape index (κ2) is 5.40. The Balaban J connectivity index is 1.75. The van der Waals surface area contributed by atoms with Gasteiger partial charge in [0, 0.05) is 6.61 Å². The fourth-order valence-corrected chi connectivity index (χ4v) is 3.95. The van der Waals surface area contributed by atoms with Crippen LogP contribution in [-0.2, 0) is 14.8 Å². The number of carboxylic acids is 1. The van der Waals surface area contributed by atoms with Crippen LogP contribution >= 0.6 is 0 Å². The van der Waals surface area contributed by atoms with Crippen molar-refractivity contribution in [1.29, 1.82) is 0 Å². The number of hydrogen-bond donors (Lipinski definition) is 2. The molecule has 2 unspecified atom stereocenters. The van der Waals surface area contributed by atoms with E-state index in [1.54, 1.807) is 0 Å². The molecule has 0 amide bonds. The van der Waals surface area contributed by atoms with Gasteiger partial charge in [-0.25, -0.2) is 17.9 Å². The minimum atomic E-state index is -3.65. The van der Waals surface area contributed by atoms with E-state index in [9.17, 15) is 13.2 Å². The van der Waals surface area contributed by atoms with Crippen LogP contribution in [0.5, 0.6) is 0 Å². The molecule has 1 aliphatic carbocycles. The first-order chi connectivity index (χ1) is 9.97. The van der Waals surface area contributed by atoms with Crippen molar-refractivity contribution in [3.05, 3.63) is 29.8 Å². The fraction of sp³-hybridized carbons (Fsp3) is 0.500. The SMILES string of the molecule is O=C(O)c1ccc(S(=O)(=O)NC2CCOC2C2CC2)cc1. The number of hydrogen-bond acceptors (Lipinski definition) is 4. The Hall–Kier alpha value is -1.44. The van der Waals surface area contributed by atoms with Gasteiger partial charge in [0.05, 0.1) is 22.6 Å². The molecule has 21 heavy (non-hydrogen) atoms. The quantitative estimate of drug-likeness (QED) is 0.853. The minimum Gasteiger partial charge on any atom is -0.478 e. The molecule has 1 aromatic carbocycles. The standard InChI is InChI=1S/C14H17NO5S/c16-14(17)10-3-5-11(6-4-10)21(18,19)15-12-7-8-20-13(12)9-1-2-9/h3-6,9,12-13,15H,1-2,7-8H2,(H,16,17). The maximum atomic E-state index is 12.3. The lowest BCUT2D eigenvalue weighted by Gasteiger charge is -2.19. The molecule has 1 heterocycles. The van der Waals surface area contributed by atoms with Crippen LogP contribution in [0, 0.1) is 5.92 Å². The largest absolute Gasteiger partial charge is 0.478 e. The summed E-state index contributed by atoms with van der Waals surface area (Å²) in [6.07, 6.45) is 2.83. The van der Waals surface area contributed by atoms with E-state index in [1.807, 2.05) is 0 Å². The van der Waals surface area contributed by atoms with Crippen molar-refractivity contribution < 1.29 is 23.1 Å². The number of nitrogens with one attached hydrogen (secondary N) is 1. The second-order valence-corrected chi connectivity index (χ2v) is 7.23. The summed E-state index contributed by atoms with van der Waals surface area (Å²) in [5.74, 6) is -0.612. The van der Waals surface area contributed by atoms with Crippen LogP contribution in [0.3, 0.4) is 0 Å². The van der Waals surface area contributed by atoms with E-state index in [4.69, 9.17) is 9.84 Å². The number of carboxylic acid groups (broad SMARTS) is 1. The Kier molecular flexibility index (Phi) is 3.73. The molecule has 0 aromatic heterocycles. The molecule has 1 aliphatic heterocycles. The Morgan fingerprint density at radius 1 is 1.19 bits per heavy atom. The Morgan fingerprint density at radius 2 is 1.86 bits per heavy atom. The maximum Gasteiger partial charge on any atom is 0.335 e. The number of sulfonamides is 1. The molecule has 6 nitrogen and oxygen atoms in total. The van der Waals surface area contributed by atoms with Crippen molar-refractivity contribution in [2.24, 2.45) is 5.92 Å². The first-order valence-corrected chi connectivity index (χ1v) is 8.43. The zero-order valence-corrected chi connectivity index (χ0v) is 12.2. The Bertz CT molecular complexity index is 636. The summed E-state index contributed by atoms with van der Waals surface area (Å²) in [4.78, 5) is 10.9. The van der Waals surface area contributed by atoms with Gasteiger partial charge in [0.1, 0.15) is 0 Å². The van der Waals surface area contributed by atoms with Crippen LogP contribution in [0.2, 0.25) is 0 Å². The van der Waals surface area contributed by atoms with E-state index in [0.29, 0.717) is 18.9 Å². The predicted molar refractivity (Wildman–Crippen MR) is 74.6 cm³/mol. The molecule has 1 saturated carbocycles. The maximum absolute atomic E-state index is 12.3. The van der Waals surface area contributed by atoms with E-state index in [1.165, 1.54) is 24.3 Å². The van der Waals surface area contributed by atoms with E-state index in [0.717, 1.165) is 12.8 Å². The van der Waals surface area contributed by atoms with Gasteiger partial charge < -0.3 is 9.84 Å². The van der Waals surface area contributed by atoms with E-state index >= 15 is 0 Å². The van der Waals surface area contributed by atoms with Gasteiger partial charge in [-0.15, -0.1) is 0 Å². The van der Waals surface area contributed by atoms with Crippen LogP contribution in [0.1, 0.15) is 29.6 Å². The third kappa shape index (κ3) is 3.09. The van der Waals surface area contributed by atoms with Crippen LogP contribution < -0.4 is 4.72 Å². The third-order valence-corrected chi connectivity index (χ3v) is 5.45. The fourth-order valence-electron chi connectivity index (χ4n) is 2.67. The first-order valence-electron chi connectivity index (χ1n) is 6.95. The topological polar surface area (TPSA) is 92.7 Å². The highest BCUT2D eigenvalue weighted by Gasteiger charge is 2.42. The molecule has 7 heteroatoms. The van der Waals surface area contributed by atoms with E-state index < -0.39 is 16.0 Å². The highest BCUT2D eigenvalue weighted by molar-refractivity contribution is 7.89. The minimum absolute atomic E-state index is 0.0296. The van der Waals surface area contributed by atoms with Gasteiger partial charge in [0.2, 0.25) is 10.0 Å². The van der Waals surface area contributed by atoms with Crippen LogP contribution in [0.15, 0.2) is 29.2 Å². The number of carbonyl (C=O) groups is 1. The lowest BCUT2D eigenvalue weighted by molar-refractivity contribution is 0.0696. The van der Waals surface area contributed by atoms with Gasteiger partial charge in [-0.05, 0) is 49.4 Å². The molecular weight excluding hydrogens is 294 g/mol. The molecule has 1 saturated heterocycles. The van der Waals surface area contributed by atoms with Gasteiger partial charge in [-0.2, -0.15) is 0 Å². The van der Waals surface area contributed by atoms with Crippen molar-refractivity contribution in [3.63, 3.8) is 0 Å². The summed E-state index contributed by atoms with van der Waals surface area (Å²) in [5.41, 5.74) is 0.0639. The number of ether oxygens (including phenoxy) is 1. The highest BCUT2D eigenvalue weighted by atomic mass is 32.2. The second-order valence-electron chi connectivity index (χ2n) is 5.52. The van der Waals surface area contributed by atoms with Crippen LogP contribution in [-0.4, -0.2) is 38.2 Å². The molecule has 0 radical (unpaired) electrons. The van der Waals surface area contributed by atoms with Crippen LogP contribution in [0.25, 0.3) is 0 Å². The average molecular weight is 311 g/mol. The first kappa shape index (κ1) is 14.5. The molecule has 2 atom stereocenters. The molecule has 2 aliphatic rings. The van der Waals surface area contributed by atoms with E-state index in [2.05, 4.69) is 4.72 Å². The molecule has 1 aromatic rings. The third-order valence-electron chi connectivity index (χ3n) is 3.94. The zero-order valence-electron chi connectivity index (χ0n) is 11.4. The molecule has 3 rings (SSSR count). The summed E-state index contributed by atoms with van der Waals surface area (Å²) in [7, 11) is -3.65. The van der Waals surface area contributed by atoms with Crippen molar-refractivity contribution >= 4 is 16.0 Å². The predicted octanol–water partition coefficient (Wildman–Crippen LogP) is 1.23. The van der Waals surface area contributed by atoms with Crippen molar-refractivity contribution in [1.82, 2.24) is 4.72 Å². The van der Waals surface area contributed by atoms with E-state index in [-0.39, 0.29) is 22.6 Å². The van der Waals surface area contributed by atoms with Crippen molar-refractivity contribution in [2.75, 3.05) is 6.61 Å². The summed E-state index contributed by atoms with van der Waals surface area (Å²) >= 11 is 0. The lowest BCUT2D eigenvalue weighted by Crippen LogP contribution is -2.41. The molecule has 0 bridgehead atoms. The van der Waals surface area contributed by atoms with Gasteiger partial charge >= 0.3 is 5.97 Å². The molecule has 114 valence electrons. The Morgan fingerprint density at radius 3 is 2.43 bits per heavy atom. The highest BCUT2D eigenvalue weighted by Crippen LogP contribution is 2.39. The molecule has 0 spiro atoms. The van der Waals surface area contributed by atoms with Gasteiger partial charge in [0.15, 0.2) is 0 Å². The van der Waals surface area contributed by atoms with Gasteiger partial charge in [0.25, 0.3) is 0 Å².